The molecule has 0 saturated carbocycles. The SMILES string of the molecule is O=C1/C(=C/c2c[nH]c3ccccc23)CN(Cc2ccccc2F)C/C1=C\c1c[nH]c2ccccc12. The van der Waals surface area contributed by atoms with E-state index in [-0.39, 0.29) is 11.6 Å². The molecule has 0 bridgehead atoms. The summed E-state index contributed by atoms with van der Waals surface area (Å²) in [5.41, 5.74) is 6.03. The standard InChI is InChI=1S/C30H24FN3O/c31-27-10-4-1-7-20(27)17-34-18-23(13-21-15-32-28-11-5-2-8-25(21)28)30(35)24(19-34)14-22-16-33-29-12-6-3-9-26(22)29/h1-16,32-33H,17-19H2/b23-13+,24-14+. The lowest BCUT2D eigenvalue weighted by Gasteiger charge is -2.30. The fraction of sp³-hybridized carbons (Fsp3) is 0.100. The molecule has 5 heteroatoms. The molecule has 6 rings (SSSR count). The van der Waals surface area contributed by atoms with Gasteiger partial charge < -0.3 is 9.97 Å². The second kappa shape index (κ2) is 8.85. The van der Waals surface area contributed by atoms with Crippen molar-refractivity contribution in [2.75, 3.05) is 13.1 Å². The summed E-state index contributed by atoms with van der Waals surface area (Å²) in [4.78, 5) is 22.3. The van der Waals surface area contributed by atoms with Crippen LogP contribution in [0.2, 0.25) is 0 Å². The molecular weight excluding hydrogens is 437 g/mol. The zero-order valence-corrected chi connectivity index (χ0v) is 19.1. The fourth-order valence-corrected chi connectivity index (χ4v) is 4.89. The van der Waals surface area contributed by atoms with Crippen molar-refractivity contribution in [2.45, 2.75) is 6.54 Å². The van der Waals surface area contributed by atoms with Gasteiger partial charge in [-0.2, -0.15) is 0 Å². The van der Waals surface area contributed by atoms with Crippen LogP contribution < -0.4 is 0 Å². The molecule has 0 spiro atoms. The molecule has 0 radical (unpaired) electrons. The van der Waals surface area contributed by atoms with Crippen LogP contribution in [0.3, 0.4) is 0 Å². The number of carbonyl (C=O) groups is 1. The smallest absolute Gasteiger partial charge is 0.187 e. The van der Waals surface area contributed by atoms with Crippen LogP contribution in [0.1, 0.15) is 16.7 Å². The molecule has 0 unspecified atom stereocenters. The first-order valence-electron chi connectivity index (χ1n) is 11.7. The minimum absolute atomic E-state index is 0.0327. The lowest BCUT2D eigenvalue weighted by Crippen LogP contribution is -2.37. The van der Waals surface area contributed by atoms with E-state index in [1.165, 1.54) is 6.07 Å². The van der Waals surface area contributed by atoms with Crippen LogP contribution >= 0.6 is 0 Å². The normalized spacial score (nSPS) is 17.2. The molecular formula is C30H24FN3O. The van der Waals surface area contributed by atoms with Gasteiger partial charge in [-0.25, -0.2) is 4.39 Å². The first kappa shape index (κ1) is 21.3. The minimum Gasteiger partial charge on any atom is -0.361 e. The van der Waals surface area contributed by atoms with Crippen molar-refractivity contribution in [2.24, 2.45) is 0 Å². The number of H-pyrrole nitrogens is 2. The Balaban J connectivity index is 1.42. The highest BCUT2D eigenvalue weighted by molar-refractivity contribution is 6.16. The Hall–Kier alpha value is -4.22. The number of benzene rings is 3. The van der Waals surface area contributed by atoms with Crippen LogP contribution in [0.15, 0.2) is 96.3 Å². The molecule has 2 N–H and O–H groups in total. The lowest BCUT2D eigenvalue weighted by atomic mass is 9.93. The summed E-state index contributed by atoms with van der Waals surface area (Å²) in [6.45, 7) is 1.34. The molecule has 172 valence electrons. The molecule has 1 fully saturated rings. The molecule has 1 saturated heterocycles. The van der Waals surface area contributed by atoms with Crippen molar-refractivity contribution in [1.82, 2.24) is 14.9 Å². The van der Waals surface area contributed by atoms with Gasteiger partial charge in [-0.3, -0.25) is 9.69 Å². The fourth-order valence-electron chi connectivity index (χ4n) is 4.89. The summed E-state index contributed by atoms with van der Waals surface area (Å²) < 4.78 is 14.4. The van der Waals surface area contributed by atoms with Crippen LogP contribution in [0, 0.1) is 5.82 Å². The summed E-state index contributed by atoms with van der Waals surface area (Å²) >= 11 is 0. The summed E-state index contributed by atoms with van der Waals surface area (Å²) in [5, 5.41) is 2.14. The first-order valence-corrected chi connectivity index (χ1v) is 11.7. The number of aromatic nitrogens is 2. The van der Waals surface area contributed by atoms with E-state index in [4.69, 9.17) is 0 Å². The van der Waals surface area contributed by atoms with E-state index >= 15 is 0 Å². The van der Waals surface area contributed by atoms with E-state index in [9.17, 15) is 9.18 Å². The highest BCUT2D eigenvalue weighted by Gasteiger charge is 2.27. The second-order valence-corrected chi connectivity index (χ2v) is 8.98. The zero-order chi connectivity index (χ0) is 23.8. The molecule has 5 aromatic rings. The van der Waals surface area contributed by atoms with Gasteiger partial charge in [-0.15, -0.1) is 0 Å². The van der Waals surface area contributed by atoms with Gasteiger partial charge >= 0.3 is 0 Å². The molecule has 35 heavy (non-hydrogen) atoms. The quantitative estimate of drug-likeness (QED) is 0.307. The summed E-state index contributed by atoms with van der Waals surface area (Å²) in [6.07, 6.45) is 7.81. The number of halogens is 1. The van der Waals surface area contributed by atoms with Gasteiger partial charge in [0.2, 0.25) is 0 Å². The van der Waals surface area contributed by atoms with Crippen molar-refractivity contribution in [3.63, 3.8) is 0 Å². The van der Waals surface area contributed by atoms with E-state index < -0.39 is 0 Å². The van der Waals surface area contributed by atoms with Gasteiger partial charge in [-0.1, -0.05) is 54.6 Å². The highest BCUT2D eigenvalue weighted by atomic mass is 19.1. The molecule has 4 nitrogen and oxygen atoms in total. The van der Waals surface area contributed by atoms with Crippen LogP contribution in [-0.4, -0.2) is 33.7 Å². The van der Waals surface area contributed by atoms with Crippen molar-refractivity contribution in [3.05, 3.63) is 119 Å². The van der Waals surface area contributed by atoms with E-state index in [1.807, 2.05) is 79.1 Å². The number of likely N-dealkylation sites (tertiary alicyclic amines) is 1. The number of hydrogen-bond donors (Lipinski definition) is 2. The number of hydrogen-bond acceptors (Lipinski definition) is 2. The van der Waals surface area contributed by atoms with Gasteiger partial charge in [0.05, 0.1) is 0 Å². The molecule has 0 amide bonds. The topological polar surface area (TPSA) is 51.9 Å². The van der Waals surface area contributed by atoms with Gasteiger partial charge in [0.15, 0.2) is 5.78 Å². The van der Waals surface area contributed by atoms with E-state index in [0.29, 0.717) is 36.3 Å². The highest BCUT2D eigenvalue weighted by Crippen LogP contribution is 2.28. The molecule has 3 aromatic carbocycles. The Morgan fingerprint density at radius 2 is 1.26 bits per heavy atom. The van der Waals surface area contributed by atoms with Crippen LogP contribution in [0.4, 0.5) is 4.39 Å². The molecule has 0 atom stereocenters. The maximum atomic E-state index is 14.4. The number of Topliss-reactive ketones (excluding diaryl/α,β-unsaturated/α-hetero) is 1. The Labute approximate surface area is 202 Å². The molecule has 0 aliphatic carbocycles. The average molecular weight is 462 g/mol. The Morgan fingerprint density at radius 1 is 0.743 bits per heavy atom. The number of nitrogens with one attached hydrogen (secondary N) is 2. The number of fused-ring (bicyclic) bond motifs is 2. The van der Waals surface area contributed by atoms with Crippen LogP contribution in [0.25, 0.3) is 34.0 Å². The van der Waals surface area contributed by atoms with Crippen molar-refractivity contribution >= 4 is 39.7 Å². The van der Waals surface area contributed by atoms with E-state index in [2.05, 4.69) is 14.9 Å². The monoisotopic (exact) mass is 461 g/mol. The summed E-state index contributed by atoms with van der Waals surface area (Å²) in [6, 6.07) is 22.9. The summed E-state index contributed by atoms with van der Waals surface area (Å²) in [7, 11) is 0. The average Bonchev–Trinajstić information content (AvgIpc) is 3.48. The third-order valence-electron chi connectivity index (χ3n) is 6.62. The number of rotatable bonds is 4. The van der Waals surface area contributed by atoms with Crippen molar-refractivity contribution < 1.29 is 9.18 Å². The molecule has 3 heterocycles. The predicted octanol–water partition coefficient (Wildman–Crippen LogP) is 6.34. The Morgan fingerprint density at radius 3 is 1.83 bits per heavy atom. The number of para-hydroxylation sites is 2. The minimum atomic E-state index is -0.228. The molecule has 1 aliphatic heterocycles. The number of nitrogens with zero attached hydrogens (tertiary/aromatic N) is 1. The van der Waals surface area contributed by atoms with Gasteiger partial charge in [0, 0.05) is 81.7 Å². The number of ketones is 1. The largest absolute Gasteiger partial charge is 0.361 e. The predicted molar refractivity (Wildman–Crippen MR) is 139 cm³/mol. The number of aromatic amines is 2. The van der Waals surface area contributed by atoms with Gasteiger partial charge in [0.25, 0.3) is 0 Å². The second-order valence-electron chi connectivity index (χ2n) is 8.98. The Kier molecular flexibility index (Phi) is 5.39. The zero-order valence-electron chi connectivity index (χ0n) is 19.1. The molecule has 1 aliphatic rings. The maximum Gasteiger partial charge on any atom is 0.187 e. The lowest BCUT2D eigenvalue weighted by molar-refractivity contribution is -0.113. The third-order valence-corrected chi connectivity index (χ3v) is 6.62. The van der Waals surface area contributed by atoms with Gasteiger partial charge in [-0.05, 0) is 30.4 Å². The third kappa shape index (κ3) is 4.11. The van der Waals surface area contributed by atoms with Crippen molar-refractivity contribution in [3.8, 4) is 0 Å². The van der Waals surface area contributed by atoms with Crippen LogP contribution in [0.5, 0.6) is 0 Å². The van der Waals surface area contributed by atoms with E-state index in [0.717, 1.165) is 32.9 Å². The number of piperidine rings is 1. The first-order chi connectivity index (χ1) is 17.2. The molecule has 2 aromatic heterocycles. The van der Waals surface area contributed by atoms with Crippen LogP contribution in [-0.2, 0) is 11.3 Å². The maximum absolute atomic E-state index is 14.4. The number of carbonyl (C=O) groups excluding carboxylic acids is 1. The van der Waals surface area contributed by atoms with Crippen molar-refractivity contribution in [1.29, 1.82) is 0 Å². The van der Waals surface area contributed by atoms with E-state index in [1.54, 1.807) is 12.1 Å². The summed E-state index contributed by atoms with van der Waals surface area (Å²) in [5.74, 6) is -0.195. The van der Waals surface area contributed by atoms with Gasteiger partial charge in [0.1, 0.15) is 5.82 Å². The Bertz CT molecular complexity index is 1530.